The summed E-state index contributed by atoms with van der Waals surface area (Å²) >= 11 is 0. The molecule has 0 saturated carbocycles. The van der Waals surface area contributed by atoms with Crippen LogP contribution in [0.3, 0.4) is 0 Å². The maximum atomic E-state index is 12.2. The van der Waals surface area contributed by atoms with Crippen LogP contribution in [-0.2, 0) is 11.8 Å². The van der Waals surface area contributed by atoms with Gasteiger partial charge >= 0.3 is 0 Å². The largest absolute Gasteiger partial charge is 0.354 e. The number of guanidine groups is 1. The number of piperazine rings is 1. The van der Waals surface area contributed by atoms with E-state index in [1.807, 2.05) is 25.7 Å². The molecule has 1 aliphatic rings. The van der Waals surface area contributed by atoms with Gasteiger partial charge in [0.25, 0.3) is 5.56 Å². The quantitative estimate of drug-likeness (QED) is 0.423. The Kier molecular flexibility index (Phi) is 6.81. The second-order valence-corrected chi connectivity index (χ2v) is 7.62. The first-order valence-corrected chi connectivity index (χ1v) is 9.24. The molecule has 0 radical (unpaired) electrons. The zero-order chi connectivity index (χ0) is 20.0. The normalized spacial score (nSPS) is 15.7. The topological polar surface area (TPSA) is 94.9 Å². The Morgan fingerprint density at radius 3 is 2.41 bits per heavy atom. The Bertz CT molecular complexity index is 728. The van der Waals surface area contributed by atoms with Crippen LogP contribution in [0.4, 0.5) is 5.82 Å². The van der Waals surface area contributed by atoms with Crippen LogP contribution in [-0.4, -0.2) is 72.6 Å². The number of rotatable bonds is 4. The van der Waals surface area contributed by atoms with Crippen molar-refractivity contribution in [1.29, 1.82) is 0 Å². The first-order valence-electron chi connectivity index (χ1n) is 9.24. The third-order valence-corrected chi connectivity index (χ3v) is 4.46. The minimum Gasteiger partial charge on any atom is -0.354 e. The number of nitrogens with zero attached hydrogens (tertiary/aromatic N) is 5. The molecule has 2 rings (SSSR count). The zero-order valence-corrected chi connectivity index (χ0v) is 16.9. The lowest BCUT2D eigenvalue weighted by Gasteiger charge is -2.36. The number of aromatic nitrogens is 2. The molecule has 9 nitrogen and oxygen atoms in total. The summed E-state index contributed by atoms with van der Waals surface area (Å²) < 4.78 is 1.54. The van der Waals surface area contributed by atoms with Gasteiger partial charge in [-0.2, -0.15) is 0 Å². The van der Waals surface area contributed by atoms with E-state index < -0.39 is 0 Å². The Labute approximate surface area is 160 Å². The van der Waals surface area contributed by atoms with Crippen LogP contribution >= 0.6 is 0 Å². The third kappa shape index (κ3) is 5.45. The summed E-state index contributed by atoms with van der Waals surface area (Å²) in [7, 11) is 3.48. The van der Waals surface area contributed by atoms with Gasteiger partial charge in [-0.1, -0.05) is 20.8 Å². The van der Waals surface area contributed by atoms with Gasteiger partial charge in [-0.3, -0.25) is 14.6 Å². The van der Waals surface area contributed by atoms with Crippen molar-refractivity contribution in [1.82, 2.24) is 25.1 Å². The fraction of sp³-hybridized carbons (Fsp3) is 0.667. The van der Waals surface area contributed by atoms with Crippen LogP contribution in [0.1, 0.15) is 20.8 Å². The van der Waals surface area contributed by atoms with E-state index in [4.69, 9.17) is 0 Å². The second kappa shape index (κ2) is 8.88. The molecule has 0 aliphatic carbocycles. The molecule has 1 fully saturated rings. The molecule has 150 valence electrons. The maximum absolute atomic E-state index is 12.2. The average Bonchev–Trinajstić information content (AvgIpc) is 2.63. The predicted octanol–water partition coefficient (Wildman–Crippen LogP) is -0.360. The molecular weight excluding hydrogens is 346 g/mol. The Balaban J connectivity index is 1.82. The van der Waals surface area contributed by atoms with Crippen LogP contribution in [0.25, 0.3) is 0 Å². The molecular formula is C18H31N7O2. The molecule has 1 saturated heterocycles. The highest BCUT2D eigenvalue weighted by Gasteiger charge is 2.23. The highest BCUT2D eigenvalue weighted by Crippen LogP contribution is 2.12. The number of carbonyl (C=O) groups excluding carboxylic acids is 1. The van der Waals surface area contributed by atoms with Crippen LogP contribution in [0, 0.1) is 5.41 Å². The number of nitrogens with one attached hydrogen (secondary N) is 2. The van der Waals surface area contributed by atoms with Gasteiger partial charge in [-0.05, 0) is 0 Å². The van der Waals surface area contributed by atoms with Gasteiger partial charge in [0, 0.05) is 71.2 Å². The van der Waals surface area contributed by atoms with Gasteiger partial charge in [0.2, 0.25) is 5.91 Å². The number of carbonyl (C=O) groups is 1. The van der Waals surface area contributed by atoms with Gasteiger partial charge in [0.15, 0.2) is 11.8 Å². The molecule has 0 bridgehead atoms. The number of anilines is 1. The van der Waals surface area contributed by atoms with Crippen LogP contribution in [0.5, 0.6) is 0 Å². The molecule has 1 aliphatic heterocycles. The minimum atomic E-state index is -0.388. The SMILES string of the molecule is CN=C(NCCNC(=O)C(C)(C)C)N1CCN(c2nccn(C)c2=O)CC1. The molecule has 2 N–H and O–H groups in total. The fourth-order valence-electron chi connectivity index (χ4n) is 2.78. The lowest BCUT2D eigenvalue weighted by atomic mass is 9.96. The smallest absolute Gasteiger partial charge is 0.293 e. The standard InChI is InChI=1S/C18H31N7O2/c1-18(2,3)16(27)21-6-7-22-17(19-4)25-12-10-24(11-13-25)14-15(26)23(5)9-8-20-14/h8-9H,6-7,10-13H2,1-5H3,(H,19,22)(H,21,27). The van der Waals surface area contributed by atoms with Crippen molar-refractivity contribution in [2.24, 2.45) is 17.5 Å². The number of hydrogen-bond acceptors (Lipinski definition) is 5. The number of aliphatic imine (C=N–C) groups is 1. The Hall–Kier alpha value is -2.58. The summed E-state index contributed by atoms with van der Waals surface area (Å²) in [5.74, 6) is 1.32. The highest BCUT2D eigenvalue weighted by atomic mass is 16.2. The van der Waals surface area contributed by atoms with E-state index in [1.54, 1.807) is 31.1 Å². The summed E-state index contributed by atoms with van der Waals surface area (Å²) in [6.07, 6.45) is 3.31. The van der Waals surface area contributed by atoms with Crippen molar-refractivity contribution in [2.45, 2.75) is 20.8 Å². The van der Waals surface area contributed by atoms with Crippen molar-refractivity contribution in [2.75, 3.05) is 51.2 Å². The van der Waals surface area contributed by atoms with Crippen LogP contribution in [0.2, 0.25) is 0 Å². The fourth-order valence-corrected chi connectivity index (χ4v) is 2.78. The Morgan fingerprint density at radius 2 is 1.81 bits per heavy atom. The molecule has 9 heteroatoms. The molecule has 0 unspecified atom stereocenters. The molecule has 0 atom stereocenters. The highest BCUT2D eigenvalue weighted by molar-refractivity contribution is 5.82. The van der Waals surface area contributed by atoms with Gasteiger partial charge in [0.1, 0.15) is 0 Å². The predicted molar refractivity (Wildman–Crippen MR) is 107 cm³/mol. The van der Waals surface area contributed by atoms with Gasteiger partial charge in [0.05, 0.1) is 0 Å². The van der Waals surface area contributed by atoms with E-state index in [0.717, 1.165) is 19.0 Å². The van der Waals surface area contributed by atoms with E-state index in [1.165, 1.54) is 0 Å². The lowest BCUT2D eigenvalue weighted by Crippen LogP contribution is -2.54. The third-order valence-electron chi connectivity index (χ3n) is 4.46. The summed E-state index contributed by atoms with van der Waals surface area (Å²) in [5.41, 5.74) is -0.469. The van der Waals surface area contributed by atoms with Crippen molar-refractivity contribution in [3.05, 3.63) is 22.7 Å². The Morgan fingerprint density at radius 1 is 1.19 bits per heavy atom. The van der Waals surface area contributed by atoms with E-state index in [0.29, 0.717) is 32.0 Å². The van der Waals surface area contributed by atoms with Crippen LogP contribution < -0.4 is 21.1 Å². The van der Waals surface area contributed by atoms with Crippen LogP contribution in [0.15, 0.2) is 22.2 Å². The number of aryl methyl sites for hydroxylation is 1. The average molecular weight is 377 g/mol. The van der Waals surface area contributed by atoms with Gasteiger partial charge in [-0.15, -0.1) is 0 Å². The molecule has 2 heterocycles. The monoisotopic (exact) mass is 377 g/mol. The maximum Gasteiger partial charge on any atom is 0.293 e. The van der Waals surface area contributed by atoms with E-state index >= 15 is 0 Å². The number of hydrogen-bond donors (Lipinski definition) is 2. The first-order chi connectivity index (χ1) is 12.7. The van der Waals surface area contributed by atoms with Gasteiger partial charge < -0.3 is 25.0 Å². The lowest BCUT2D eigenvalue weighted by molar-refractivity contribution is -0.128. The molecule has 1 aromatic heterocycles. The van der Waals surface area contributed by atoms with E-state index in [-0.39, 0.29) is 16.9 Å². The second-order valence-electron chi connectivity index (χ2n) is 7.62. The van der Waals surface area contributed by atoms with Crippen molar-refractivity contribution < 1.29 is 4.79 Å². The number of amides is 1. The summed E-state index contributed by atoms with van der Waals surface area (Å²) in [4.78, 5) is 36.8. The van der Waals surface area contributed by atoms with E-state index in [9.17, 15) is 9.59 Å². The summed E-state index contributed by atoms with van der Waals surface area (Å²) in [5, 5.41) is 6.20. The molecule has 0 aromatic carbocycles. The molecule has 1 aromatic rings. The van der Waals surface area contributed by atoms with Gasteiger partial charge in [-0.25, -0.2) is 4.98 Å². The summed E-state index contributed by atoms with van der Waals surface area (Å²) in [6.45, 7) is 9.72. The summed E-state index contributed by atoms with van der Waals surface area (Å²) in [6, 6.07) is 0. The molecule has 1 amide bonds. The molecule has 0 spiro atoms. The minimum absolute atomic E-state index is 0.0323. The zero-order valence-electron chi connectivity index (χ0n) is 16.9. The van der Waals surface area contributed by atoms with E-state index in [2.05, 4.69) is 25.5 Å². The molecule has 27 heavy (non-hydrogen) atoms. The van der Waals surface area contributed by atoms with Crippen molar-refractivity contribution in [3.63, 3.8) is 0 Å². The van der Waals surface area contributed by atoms with Crippen molar-refractivity contribution >= 4 is 17.7 Å². The first kappa shape index (κ1) is 20.7. The van der Waals surface area contributed by atoms with Crippen molar-refractivity contribution in [3.8, 4) is 0 Å².